The Bertz CT molecular complexity index is 410. The minimum Gasteiger partial charge on any atom is -0.475 e. The van der Waals surface area contributed by atoms with Gasteiger partial charge in [-0.1, -0.05) is 6.92 Å². The average Bonchev–Trinajstić information content (AvgIpc) is 2.21. The highest BCUT2D eigenvalue weighted by atomic mass is 32.2. The van der Waals surface area contributed by atoms with E-state index >= 15 is 0 Å². The molecule has 19 heavy (non-hydrogen) atoms. The van der Waals surface area contributed by atoms with Crippen LogP contribution in [0.2, 0.25) is 0 Å². The number of alkyl halides is 3. The average molecular weight is 306 g/mol. The van der Waals surface area contributed by atoms with E-state index in [9.17, 15) is 21.6 Å². The molecule has 1 saturated heterocycles. The molecule has 114 valence electrons. The highest BCUT2D eigenvalue weighted by Crippen LogP contribution is 2.15. The number of carboxylic acid groups (broad SMARTS) is 1. The van der Waals surface area contributed by atoms with Crippen molar-refractivity contribution in [1.29, 1.82) is 0 Å². The fourth-order valence-electron chi connectivity index (χ4n) is 1.53. The molecule has 0 unspecified atom stereocenters. The van der Waals surface area contributed by atoms with Crippen LogP contribution in [0, 0.1) is 0 Å². The van der Waals surface area contributed by atoms with Crippen LogP contribution in [0.5, 0.6) is 0 Å². The molecule has 0 spiro atoms. The predicted octanol–water partition coefficient (Wildman–Crippen LogP) is 0.261. The van der Waals surface area contributed by atoms with E-state index in [2.05, 4.69) is 5.32 Å². The summed E-state index contributed by atoms with van der Waals surface area (Å²) in [7, 11) is -3.01. The molecule has 1 aliphatic rings. The van der Waals surface area contributed by atoms with Crippen LogP contribution in [0.25, 0.3) is 0 Å². The fraction of sp³-hybridized carbons (Fsp3) is 0.889. The van der Waals surface area contributed by atoms with E-state index in [-0.39, 0.29) is 6.04 Å². The van der Waals surface area contributed by atoms with E-state index in [1.165, 1.54) is 6.26 Å². The first-order chi connectivity index (χ1) is 8.41. The van der Waals surface area contributed by atoms with Crippen molar-refractivity contribution < 1.29 is 31.5 Å². The zero-order valence-electron chi connectivity index (χ0n) is 10.7. The maximum absolute atomic E-state index is 11.2. The molecule has 0 bridgehead atoms. The second-order valence-corrected chi connectivity index (χ2v) is 5.97. The smallest absolute Gasteiger partial charge is 0.475 e. The van der Waals surface area contributed by atoms with Gasteiger partial charge in [-0.05, 0) is 6.92 Å². The van der Waals surface area contributed by atoms with E-state index in [0.717, 1.165) is 6.54 Å². The first-order valence-corrected chi connectivity index (χ1v) is 7.26. The number of hydrogen-bond donors (Lipinski definition) is 2. The summed E-state index contributed by atoms with van der Waals surface area (Å²) >= 11 is 0. The maximum atomic E-state index is 11.2. The number of rotatable bonds is 3. The molecule has 0 saturated carbocycles. The number of nitrogens with zero attached hydrogens (tertiary/aromatic N) is 1. The molecule has 1 heterocycles. The van der Waals surface area contributed by atoms with Crippen molar-refractivity contribution in [2.45, 2.75) is 32.1 Å². The molecular weight excluding hydrogens is 289 g/mol. The number of hydrogen-bond acceptors (Lipinski definition) is 4. The SMILES string of the molecule is CCN([C@H]1CN[C@@H]1C)S(C)(=O)=O.O=C(O)C(F)(F)F. The van der Waals surface area contributed by atoms with Crippen LogP contribution >= 0.6 is 0 Å². The Hall–Kier alpha value is -0.870. The third kappa shape index (κ3) is 5.74. The van der Waals surface area contributed by atoms with Gasteiger partial charge in [0.15, 0.2) is 0 Å². The molecule has 0 radical (unpaired) electrons. The van der Waals surface area contributed by atoms with E-state index in [0.29, 0.717) is 12.6 Å². The Morgan fingerprint density at radius 2 is 1.89 bits per heavy atom. The van der Waals surface area contributed by atoms with Crippen LogP contribution < -0.4 is 5.32 Å². The largest absolute Gasteiger partial charge is 0.490 e. The minimum atomic E-state index is -5.08. The summed E-state index contributed by atoms with van der Waals surface area (Å²) in [5.41, 5.74) is 0. The number of carbonyl (C=O) groups is 1. The lowest BCUT2D eigenvalue weighted by Crippen LogP contribution is -2.64. The van der Waals surface area contributed by atoms with Gasteiger partial charge < -0.3 is 10.4 Å². The van der Waals surface area contributed by atoms with Gasteiger partial charge in [0.2, 0.25) is 10.0 Å². The first kappa shape index (κ1) is 18.1. The Kier molecular flexibility index (Phi) is 6.23. The van der Waals surface area contributed by atoms with Gasteiger partial charge in [0.25, 0.3) is 0 Å². The molecule has 0 aliphatic carbocycles. The number of sulfonamides is 1. The number of aliphatic carboxylic acids is 1. The second-order valence-electron chi connectivity index (χ2n) is 4.03. The molecule has 0 aromatic carbocycles. The van der Waals surface area contributed by atoms with E-state index in [4.69, 9.17) is 9.90 Å². The van der Waals surface area contributed by atoms with Crippen molar-refractivity contribution in [1.82, 2.24) is 9.62 Å². The molecule has 0 amide bonds. The molecule has 10 heteroatoms. The Morgan fingerprint density at radius 3 is 1.95 bits per heavy atom. The first-order valence-electron chi connectivity index (χ1n) is 5.41. The topological polar surface area (TPSA) is 86.7 Å². The van der Waals surface area contributed by atoms with Crippen LogP contribution in [0.15, 0.2) is 0 Å². The van der Waals surface area contributed by atoms with Gasteiger partial charge in [0.1, 0.15) is 0 Å². The van der Waals surface area contributed by atoms with Gasteiger partial charge >= 0.3 is 12.1 Å². The third-order valence-corrected chi connectivity index (χ3v) is 3.96. The molecule has 2 N–H and O–H groups in total. The summed E-state index contributed by atoms with van der Waals surface area (Å²) in [4.78, 5) is 8.90. The standard InChI is InChI=1S/C7H16N2O2S.C2HF3O2/c1-4-9(12(3,10)11)7-5-8-6(7)2;3-2(4,5)1(6)7/h6-8H,4-5H2,1-3H3;(H,6,7)/t6-,7+;/m1./s1. The number of nitrogens with one attached hydrogen (secondary N) is 1. The summed E-state index contributed by atoms with van der Waals surface area (Å²) < 4.78 is 55.8. The van der Waals surface area contributed by atoms with Crippen LogP contribution in [0.4, 0.5) is 13.2 Å². The van der Waals surface area contributed by atoms with Gasteiger partial charge in [0.05, 0.1) is 12.3 Å². The van der Waals surface area contributed by atoms with Crippen molar-refractivity contribution in [3.63, 3.8) is 0 Å². The van der Waals surface area contributed by atoms with E-state index in [1.54, 1.807) is 4.31 Å². The predicted molar refractivity (Wildman–Crippen MR) is 62.2 cm³/mol. The quantitative estimate of drug-likeness (QED) is 0.781. The van der Waals surface area contributed by atoms with Crippen molar-refractivity contribution in [3.05, 3.63) is 0 Å². The van der Waals surface area contributed by atoms with Crippen LogP contribution in [-0.2, 0) is 14.8 Å². The molecule has 0 aromatic rings. The lowest BCUT2D eigenvalue weighted by Gasteiger charge is -2.41. The van der Waals surface area contributed by atoms with Crippen molar-refractivity contribution in [2.24, 2.45) is 0 Å². The fourth-order valence-corrected chi connectivity index (χ4v) is 2.74. The summed E-state index contributed by atoms with van der Waals surface area (Å²) in [6, 6.07) is 0.449. The molecular formula is C9H17F3N2O4S. The molecule has 2 atom stereocenters. The Labute approximate surface area is 109 Å². The van der Waals surface area contributed by atoms with Gasteiger partial charge in [-0.25, -0.2) is 13.2 Å². The normalized spacial score (nSPS) is 23.3. The van der Waals surface area contributed by atoms with E-state index < -0.39 is 22.2 Å². The van der Waals surface area contributed by atoms with Crippen LogP contribution in [0.1, 0.15) is 13.8 Å². The monoisotopic (exact) mass is 306 g/mol. The Morgan fingerprint density at radius 1 is 1.47 bits per heavy atom. The van der Waals surface area contributed by atoms with Gasteiger partial charge in [-0.15, -0.1) is 0 Å². The zero-order chi connectivity index (χ0) is 15.4. The van der Waals surface area contributed by atoms with E-state index in [1.807, 2.05) is 13.8 Å². The summed E-state index contributed by atoms with van der Waals surface area (Å²) in [6.45, 7) is 5.21. The third-order valence-electron chi connectivity index (χ3n) is 2.58. The van der Waals surface area contributed by atoms with Crippen molar-refractivity contribution >= 4 is 16.0 Å². The molecule has 1 rings (SSSR count). The summed E-state index contributed by atoms with van der Waals surface area (Å²) in [5, 5.41) is 10.3. The molecule has 0 aromatic heterocycles. The second kappa shape index (κ2) is 6.53. The lowest BCUT2D eigenvalue weighted by molar-refractivity contribution is -0.192. The lowest BCUT2D eigenvalue weighted by atomic mass is 10.0. The van der Waals surface area contributed by atoms with Crippen LogP contribution in [0.3, 0.4) is 0 Å². The molecule has 1 aliphatic heterocycles. The highest BCUT2D eigenvalue weighted by molar-refractivity contribution is 7.88. The van der Waals surface area contributed by atoms with Gasteiger partial charge in [0, 0.05) is 19.1 Å². The van der Waals surface area contributed by atoms with Crippen molar-refractivity contribution in [3.8, 4) is 0 Å². The number of likely N-dealkylation sites (N-methyl/N-ethyl adjacent to an activating group) is 1. The minimum absolute atomic E-state index is 0.157. The number of carboxylic acids is 1. The Balaban J connectivity index is 0.000000399. The zero-order valence-corrected chi connectivity index (χ0v) is 11.5. The van der Waals surface area contributed by atoms with Gasteiger partial charge in [-0.3, -0.25) is 0 Å². The molecule has 6 nitrogen and oxygen atoms in total. The molecule has 1 fully saturated rings. The summed E-state index contributed by atoms with van der Waals surface area (Å²) in [6.07, 6.45) is -3.82. The maximum Gasteiger partial charge on any atom is 0.490 e. The number of halogens is 3. The highest BCUT2D eigenvalue weighted by Gasteiger charge is 2.38. The van der Waals surface area contributed by atoms with Crippen LogP contribution in [-0.4, -0.2) is 61.4 Å². The summed E-state index contributed by atoms with van der Waals surface area (Å²) in [5.74, 6) is -2.76. The van der Waals surface area contributed by atoms with Crippen molar-refractivity contribution in [2.75, 3.05) is 19.3 Å². The van der Waals surface area contributed by atoms with Gasteiger partial charge in [-0.2, -0.15) is 17.5 Å².